The second kappa shape index (κ2) is 10.2. The molecule has 0 amide bonds. The molecule has 0 atom stereocenters. The third-order valence-corrected chi connectivity index (χ3v) is 9.35. The smallest absolute Gasteiger partial charge is 0.0956 e. The zero-order valence-corrected chi connectivity index (χ0v) is 25.6. The molecule has 7 rings (SSSR count). The molecule has 2 nitrogen and oxygen atoms in total. The topological polar surface area (TPSA) is 16.1 Å². The molecule has 0 bridgehead atoms. The molecule has 0 fully saturated rings. The monoisotopic (exact) mass is 612 g/mol. The summed E-state index contributed by atoms with van der Waals surface area (Å²) in [5.74, 6) is 0. The van der Waals surface area contributed by atoms with Gasteiger partial charge in [0.1, 0.15) is 0 Å². The number of anilines is 3. The highest BCUT2D eigenvalue weighted by Crippen LogP contribution is 2.52. The number of para-hydroxylation sites is 3. The summed E-state index contributed by atoms with van der Waals surface area (Å²) >= 11 is 5.42. The first-order valence-electron chi connectivity index (χ1n) is 13.8. The predicted molar refractivity (Wildman–Crippen MR) is 178 cm³/mol. The Morgan fingerprint density at radius 1 is 0.634 bits per heavy atom. The van der Waals surface area contributed by atoms with Gasteiger partial charge in [0.05, 0.1) is 28.3 Å². The van der Waals surface area contributed by atoms with Crippen LogP contribution in [0.1, 0.15) is 26.3 Å². The van der Waals surface area contributed by atoms with Gasteiger partial charge in [-0.05, 0) is 70.6 Å². The average molecular weight is 614 g/mol. The SMILES string of the molecule is CC(C)(C)c1ccc(-c2cc(-c3ccc(Br)cc3)nc3c(N4c5ccccc5Sc5ccccc54)cccc23)cc1. The Labute approximate surface area is 254 Å². The molecule has 4 heteroatoms. The fraction of sp³-hybridized carbons (Fsp3) is 0.108. The molecule has 0 unspecified atom stereocenters. The minimum absolute atomic E-state index is 0.0989. The number of rotatable bonds is 3. The lowest BCUT2D eigenvalue weighted by molar-refractivity contribution is 0.590. The second-order valence-corrected chi connectivity index (χ2v) is 13.4. The van der Waals surface area contributed by atoms with E-state index in [2.05, 4.69) is 163 Å². The minimum atomic E-state index is 0.0989. The van der Waals surface area contributed by atoms with E-state index in [4.69, 9.17) is 4.98 Å². The van der Waals surface area contributed by atoms with Gasteiger partial charge >= 0.3 is 0 Å². The Balaban J connectivity index is 1.51. The van der Waals surface area contributed by atoms with E-state index in [0.29, 0.717) is 0 Å². The molecule has 0 radical (unpaired) electrons. The van der Waals surface area contributed by atoms with E-state index in [-0.39, 0.29) is 5.41 Å². The third-order valence-electron chi connectivity index (χ3n) is 7.69. The van der Waals surface area contributed by atoms with Crippen LogP contribution in [0, 0.1) is 0 Å². The van der Waals surface area contributed by atoms with Crippen molar-refractivity contribution in [3.63, 3.8) is 0 Å². The molecule has 0 N–H and O–H groups in total. The van der Waals surface area contributed by atoms with Crippen molar-refractivity contribution in [3.8, 4) is 22.4 Å². The predicted octanol–water partition coefficient (Wildman–Crippen LogP) is 11.6. The van der Waals surface area contributed by atoms with Gasteiger partial charge < -0.3 is 4.90 Å². The van der Waals surface area contributed by atoms with Crippen LogP contribution < -0.4 is 4.90 Å². The number of fused-ring (bicyclic) bond motifs is 3. The molecular weight excluding hydrogens is 584 g/mol. The van der Waals surface area contributed by atoms with Crippen LogP contribution >= 0.6 is 27.7 Å². The molecule has 41 heavy (non-hydrogen) atoms. The van der Waals surface area contributed by atoms with Crippen LogP contribution in [0.25, 0.3) is 33.3 Å². The number of hydrogen-bond donors (Lipinski definition) is 0. The zero-order valence-electron chi connectivity index (χ0n) is 23.2. The van der Waals surface area contributed by atoms with E-state index in [9.17, 15) is 0 Å². The summed E-state index contributed by atoms with van der Waals surface area (Å²) in [5, 5.41) is 1.14. The summed E-state index contributed by atoms with van der Waals surface area (Å²) in [6, 6.07) is 43.6. The Morgan fingerprint density at radius 3 is 1.85 bits per heavy atom. The molecule has 0 saturated carbocycles. The number of benzene rings is 5. The number of pyridine rings is 1. The van der Waals surface area contributed by atoms with Gasteiger partial charge in [0, 0.05) is 25.2 Å². The molecule has 2 heterocycles. The molecule has 200 valence electrons. The third kappa shape index (κ3) is 4.75. The average Bonchev–Trinajstić information content (AvgIpc) is 2.99. The Hall–Kier alpha value is -3.86. The zero-order chi connectivity index (χ0) is 28.1. The van der Waals surface area contributed by atoms with E-state index in [1.807, 2.05) is 11.8 Å². The summed E-state index contributed by atoms with van der Waals surface area (Å²) in [6.07, 6.45) is 0. The maximum Gasteiger partial charge on any atom is 0.0956 e. The van der Waals surface area contributed by atoms with Crippen LogP contribution in [0.3, 0.4) is 0 Å². The van der Waals surface area contributed by atoms with Crippen LogP contribution in [0.4, 0.5) is 17.1 Å². The minimum Gasteiger partial charge on any atom is -0.306 e. The van der Waals surface area contributed by atoms with Gasteiger partial charge in [-0.1, -0.05) is 121 Å². The lowest BCUT2D eigenvalue weighted by Crippen LogP contribution is -2.15. The molecule has 1 aliphatic heterocycles. The Bertz CT molecular complexity index is 1860. The van der Waals surface area contributed by atoms with Crippen LogP contribution in [0.2, 0.25) is 0 Å². The van der Waals surface area contributed by atoms with Gasteiger partial charge in [-0.25, -0.2) is 4.98 Å². The fourth-order valence-corrected chi connectivity index (χ4v) is 6.86. The van der Waals surface area contributed by atoms with Gasteiger partial charge in [0.15, 0.2) is 0 Å². The van der Waals surface area contributed by atoms with Crippen LogP contribution in [0.15, 0.2) is 136 Å². The van der Waals surface area contributed by atoms with Crippen molar-refractivity contribution in [3.05, 3.63) is 131 Å². The van der Waals surface area contributed by atoms with Crippen molar-refractivity contribution in [2.45, 2.75) is 36.0 Å². The number of aromatic nitrogens is 1. The number of halogens is 1. The summed E-state index contributed by atoms with van der Waals surface area (Å²) in [5.41, 5.74) is 10.3. The first-order valence-corrected chi connectivity index (χ1v) is 15.4. The lowest BCUT2D eigenvalue weighted by atomic mass is 9.86. The summed E-state index contributed by atoms with van der Waals surface area (Å²) in [4.78, 5) is 10.2. The van der Waals surface area contributed by atoms with Gasteiger partial charge in [0.2, 0.25) is 0 Å². The summed E-state index contributed by atoms with van der Waals surface area (Å²) in [7, 11) is 0. The normalized spacial score (nSPS) is 12.7. The maximum absolute atomic E-state index is 5.38. The first-order chi connectivity index (χ1) is 19.9. The van der Waals surface area contributed by atoms with Crippen molar-refractivity contribution >= 4 is 55.7 Å². The molecule has 0 aliphatic carbocycles. The summed E-state index contributed by atoms with van der Waals surface area (Å²) in [6.45, 7) is 6.77. The van der Waals surface area contributed by atoms with Gasteiger partial charge in [-0.3, -0.25) is 0 Å². The molecule has 5 aromatic carbocycles. The quantitative estimate of drug-likeness (QED) is 0.197. The molecule has 0 saturated heterocycles. The van der Waals surface area contributed by atoms with E-state index in [1.165, 1.54) is 37.9 Å². The fourth-order valence-electron chi connectivity index (χ4n) is 5.54. The Morgan fingerprint density at radius 2 is 1.22 bits per heavy atom. The largest absolute Gasteiger partial charge is 0.306 e. The Kier molecular flexibility index (Phi) is 6.49. The second-order valence-electron chi connectivity index (χ2n) is 11.4. The van der Waals surface area contributed by atoms with Gasteiger partial charge in [0.25, 0.3) is 0 Å². The molecule has 1 aliphatic rings. The standard InChI is InChI=1S/C37H29BrN2S/c1-37(2,3)26-19-15-24(16-20-26)29-23-30(25-17-21-27(38)22-18-25)39-36-28(29)9-8-12-33(36)40-31-10-4-6-13-34(31)41-35-14-7-5-11-32(35)40/h4-23H,1-3H3. The number of hydrogen-bond acceptors (Lipinski definition) is 3. The van der Waals surface area contributed by atoms with Crippen LogP contribution in [-0.2, 0) is 5.41 Å². The highest BCUT2D eigenvalue weighted by molar-refractivity contribution is 9.10. The molecule has 6 aromatic rings. The van der Waals surface area contributed by atoms with E-state index >= 15 is 0 Å². The van der Waals surface area contributed by atoms with Crippen molar-refractivity contribution < 1.29 is 0 Å². The van der Waals surface area contributed by atoms with Crippen molar-refractivity contribution in [2.75, 3.05) is 4.90 Å². The molecular formula is C37H29BrN2S. The molecule has 0 spiro atoms. The highest BCUT2D eigenvalue weighted by atomic mass is 79.9. The van der Waals surface area contributed by atoms with Crippen LogP contribution in [0.5, 0.6) is 0 Å². The van der Waals surface area contributed by atoms with Gasteiger partial charge in [-0.15, -0.1) is 0 Å². The molecule has 1 aromatic heterocycles. The van der Waals surface area contributed by atoms with Gasteiger partial charge in [-0.2, -0.15) is 0 Å². The van der Waals surface area contributed by atoms with Crippen LogP contribution in [-0.4, -0.2) is 4.98 Å². The van der Waals surface area contributed by atoms with Crippen molar-refractivity contribution in [1.29, 1.82) is 0 Å². The van der Waals surface area contributed by atoms with Crippen molar-refractivity contribution in [1.82, 2.24) is 4.98 Å². The maximum atomic E-state index is 5.38. The van der Waals surface area contributed by atoms with Crippen molar-refractivity contribution in [2.24, 2.45) is 0 Å². The van der Waals surface area contributed by atoms with E-state index < -0.39 is 0 Å². The first kappa shape index (κ1) is 26.1. The summed E-state index contributed by atoms with van der Waals surface area (Å²) < 4.78 is 1.06. The number of nitrogens with zero attached hydrogens (tertiary/aromatic N) is 2. The lowest BCUT2D eigenvalue weighted by Gasteiger charge is -2.33. The van der Waals surface area contributed by atoms with E-state index in [1.54, 1.807) is 0 Å². The van der Waals surface area contributed by atoms with E-state index in [0.717, 1.165) is 32.3 Å². The highest BCUT2D eigenvalue weighted by Gasteiger charge is 2.26.